The second kappa shape index (κ2) is 8.62. The zero-order valence-electron chi connectivity index (χ0n) is 16.1. The molecule has 3 rings (SSSR count). The van der Waals surface area contributed by atoms with E-state index in [0.717, 1.165) is 30.6 Å². The van der Waals surface area contributed by atoms with Crippen molar-refractivity contribution in [1.29, 1.82) is 5.26 Å². The minimum absolute atomic E-state index is 0.0293. The number of allylic oxidation sites excluding steroid dienone is 1. The van der Waals surface area contributed by atoms with Gasteiger partial charge in [-0.15, -0.1) is 0 Å². The number of nitrogens with zero attached hydrogens (tertiary/aromatic N) is 2. The smallest absolute Gasteiger partial charge is 0.337 e. The van der Waals surface area contributed by atoms with Crippen LogP contribution in [0.25, 0.3) is 0 Å². The molecule has 5 heteroatoms. The summed E-state index contributed by atoms with van der Waals surface area (Å²) in [7, 11) is 1.38. The van der Waals surface area contributed by atoms with E-state index in [1.807, 2.05) is 24.3 Å². The van der Waals surface area contributed by atoms with Crippen LogP contribution in [0.4, 0.5) is 5.69 Å². The van der Waals surface area contributed by atoms with E-state index in [0.29, 0.717) is 23.1 Å². The average Bonchev–Trinajstić information content (AvgIpc) is 3.08. The molecule has 144 valence electrons. The Morgan fingerprint density at radius 2 is 2.07 bits per heavy atom. The average molecular weight is 376 g/mol. The molecular formula is C23H24N2O3. The molecule has 2 atom stereocenters. The molecule has 28 heavy (non-hydrogen) atoms. The fourth-order valence-corrected chi connectivity index (χ4v) is 3.65. The second-order valence-electron chi connectivity index (χ2n) is 7.02. The van der Waals surface area contributed by atoms with Crippen LogP contribution in [0.5, 0.6) is 5.75 Å². The topological polar surface area (TPSA) is 73.6 Å². The molecule has 0 amide bonds. The summed E-state index contributed by atoms with van der Waals surface area (Å²) in [6.45, 7) is 3.09. The van der Waals surface area contributed by atoms with Gasteiger partial charge < -0.3 is 14.7 Å². The summed E-state index contributed by atoms with van der Waals surface area (Å²) in [5, 5.41) is 18.9. The van der Waals surface area contributed by atoms with E-state index in [1.54, 1.807) is 24.3 Å². The van der Waals surface area contributed by atoms with E-state index in [2.05, 4.69) is 24.0 Å². The lowest BCUT2D eigenvalue weighted by atomic mass is 9.99. The third-order valence-corrected chi connectivity index (χ3v) is 5.36. The highest BCUT2D eigenvalue weighted by Gasteiger charge is 2.29. The van der Waals surface area contributed by atoms with Gasteiger partial charge in [-0.05, 0) is 55.5 Å². The molecule has 2 aromatic carbocycles. The summed E-state index contributed by atoms with van der Waals surface area (Å²) >= 11 is 0. The monoisotopic (exact) mass is 376 g/mol. The quantitative estimate of drug-likeness (QED) is 0.629. The number of rotatable bonds is 5. The van der Waals surface area contributed by atoms with Crippen molar-refractivity contribution in [3.63, 3.8) is 0 Å². The first-order chi connectivity index (χ1) is 13.5. The largest absolute Gasteiger partial charge is 0.506 e. The van der Waals surface area contributed by atoms with Gasteiger partial charge in [0, 0.05) is 24.3 Å². The fraction of sp³-hybridized carbons (Fsp3) is 0.304. The number of benzene rings is 2. The molecule has 0 unspecified atom stereocenters. The van der Waals surface area contributed by atoms with Gasteiger partial charge in [0.15, 0.2) is 0 Å². The molecule has 1 heterocycles. The first kappa shape index (κ1) is 19.5. The number of carbonyl (C=O) groups excluding carboxylic acids is 1. The normalized spacial score (nSPS) is 19.0. The van der Waals surface area contributed by atoms with Crippen molar-refractivity contribution in [2.24, 2.45) is 5.92 Å². The predicted octanol–water partition coefficient (Wildman–Crippen LogP) is 4.06. The Hall–Kier alpha value is -3.26. The van der Waals surface area contributed by atoms with Gasteiger partial charge in [0.1, 0.15) is 11.8 Å². The van der Waals surface area contributed by atoms with Crippen molar-refractivity contribution in [1.82, 2.24) is 0 Å². The van der Waals surface area contributed by atoms with Gasteiger partial charge in [0.25, 0.3) is 0 Å². The number of carbonyl (C=O) groups is 1. The molecule has 0 bridgehead atoms. The first-order valence-electron chi connectivity index (χ1n) is 9.37. The summed E-state index contributed by atoms with van der Waals surface area (Å²) in [4.78, 5) is 13.7. The number of aromatic hydroxyl groups is 1. The van der Waals surface area contributed by atoms with Crippen molar-refractivity contribution in [3.05, 3.63) is 71.3 Å². The van der Waals surface area contributed by atoms with Crippen LogP contribution in [0.3, 0.4) is 0 Å². The molecule has 1 saturated heterocycles. The summed E-state index contributed by atoms with van der Waals surface area (Å²) in [6.07, 6.45) is 6.28. The lowest BCUT2D eigenvalue weighted by Gasteiger charge is -2.26. The molecule has 0 aliphatic carbocycles. The number of esters is 1. The van der Waals surface area contributed by atoms with Crippen LogP contribution in [0.2, 0.25) is 0 Å². The van der Waals surface area contributed by atoms with E-state index in [9.17, 15) is 9.90 Å². The minimum Gasteiger partial charge on any atom is -0.506 e. The number of nitriles is 1. The third kappa shape index (κ3) is 4.17. The molecule has 2 aromatic rings. The fourth-order valence-electron chi connectivity index (χ4n) is 3.65. The number of hydrogen-bond acceptors (Lipinski definition) is 5. The van der Waals surface area contributed by atoms with Crippen molar-refractivity contribution in [2.75, 3.05) is 18.6 Å². The maximum absolute atomic E-state index is 11.5. The molecule has 5 nitrogen and oxygen atoms in total. The van der Waals surface area contributed by atoms with E-state index in [4.69, 9.17) is 10.00 Å². The van der Waals surface area contributed by atoms with Crippen LogP contribution in [0.1, 0.15) is 34.8 Å². The molecule has 1 aliphatic heterocycles. The number of methoxy groups -OCH3 is 1. The standard InChI is InChI=1S/C23H24N2O3/c1-16-18(5-3-4-17-6-8-19(9-7-17)23(27)28-2)12-13-25(16)21-11-10-20(15-24)22(26)14-21/h3,5-11,14,16,18,26H,4,12-13H2,1-2H3/b5-3+/t16-,18+/m0/s1. The molecule has 0 aromatic heterocycles. The van der Waals surface area contributed by atoms with Crippen LogP contribution >= 0.6 is 0 Å². The summed E-state index contributed by atoms with van der Waals surface area (Å²) < 4.78 is 4.71. The molecule has 0 radical (unpaired) electrons. The van der Waals surface area contributed by atoms with Crippen molar-refractivity contribution >= 4 is 11.7 Å². The van der Waals surface area contributed by atoms with Gasteiger partial charge in [-0.2, -0.15) is 5.26 Å². The van der Waals surface area contributed by atoms with Crippen LogP contribution in [-0.2, 0) is 11.2 Å². The number of hydrogen-bond donors (Lipinski definition) is 1. The van der Waals surface area contributed by atoms with Crippen molar-refractivity contribution < 1.29 is 14.6 Å². The maximum Gasteiger partial charge on any atom is 0.337 e. The highest BCUT2D eigenvalue weighted by Crippen LogP contribution is 2.33. The van der Waals surface area contributed by atoms with E-state index in [1.165, 1.54) is 7.11 Å². The maximum atomic E-state index is 11.5. The zero-order chi connectivity index (χ0) is 20.1. The molecule has 1 fully saturated rings. The summed E-state index contributed by atoms with van der Waals surface area (Å²) in [5.41, 5.74) is 2.94. The van der Waals surface area contributed by atoms with E-state index >= 15 is 0 Å². The Labute approximate surface area is 165 Å². The van der Waals surface area contributed by atoms with Crippen LogP contribution in [-0.4, -0.2) is 30.8 Å². The highest BCUT2D eigenvalue weighted by molar-refractivity contribution is 5.89. The molecule has 1 N–H and O–H groups in total. The Balaban J connectivity index is 1.60. The number of phenolic OH excluding ortho intramolecular Hbond substituents is 1. The van der Waals surface area contributed by atoms with Gasteiger partial charge in [-0.25, -0.2) is 4.79 Å². The second-order valence-corrected chi connectivity index (χ2v) is 7.02. The Morgan fingerprint density at radius 3 is 2.71 bits per heavy atom. The molecule has 0 saturated carbocycles. The minimum atomic E-state index is -0.323. The highest BCUT2D eigenvalue weighted by atomic mass is 16.5. The number of ether oxygens (including phenoxy) is 1. The number of phenols is 1. The van der Waals surface area contributed by atoms with Crippen LogP contribution in [0, 0.1) is 17.2 Å². The Morgan fingerprint density at radius 1 is 1.32 bits per heavy atom. The first-order valence-corrected chi connectivity index (χ1v) is 9.37. The molecule has 1 aliphatic rings. The Kier molecular flexibility index (Phi) is 6.00. The Bertz CT molecular complexity index is 912. The summed E-state index contributed by atoms with van der Waals surface area (Å²) in [6, 6.07) is 15.0. The van der Waals surface area contributed by atoms with E-state index < -0.39 is 0 Å². The molecule has 0 spiro atoms. The van der Waals surface area contributed by atoms with Gasteiger partial charge in [0.05, 0.1) is 18.2 Å². The lowest BCUT2D eigenvalue weighted by molar-refractivity contribution is 0.0600. The SMILES string of the molecule is COC(=O)c1ccc(C/C=C/[C@@H]2CCN(c3ccc(C#N)c(O)c3)[C@H]2C)cc1. The van der Waals surface area contributed by atoms with Crippen LogP contribution < -0.4 is 4.90 Å². The van der Waals surface area contributed by atoms with Crippen molar-refractivity contribution in [3.8, 4) is 11.8 Å². The van der Waals surface area contributed by atoms with E-state index in [-0.39, 0.29) is 11.7 Å². The number of anilines is 1. The molecular weight excluding hydrogens is 352 g/mol. The van der Waals surface area contributed by atoms with Gasteiger partial charge >= 0.3 is 5.97 Å². The van der Waals surface area contributed by atoms with Gasteiger partial charge in [-0.3, -0.25) is 0 Å². The predicted molar refractivity (Wildman–Crippen MR) is 108 cm³/mol. The third-order valence-electron chi connectivity index (χ3n) is 5.36. The zero-order valence-corrected chi connectivity index (χ0v) is 16.1. The van der Waals surface area contributed by atoms with Crippen molar-refractivity contribution in [2.45, 2.75) is 25.8 Å². The summed E-state index contributed by atoms with van der Waals surface area (Å²) in [5.74, 6) is 0.129. The van der Waals surface area contributed by atoms with Gasteiger partial charge in [0.2, 0.25) is 0 Å². The lowest BCUT2D eigenvalue weighted by Crippen LogP contribution is -2.29. The van der Waals surface area contributed by atoms with Crippen LogP contribution in [0.15, 0.2) is 54.6 Å². The van der Waals surface area contributed by atoms with Gasteiger partial charge in [-0.1, -0.05) is 24.3 Å².